The zero-order valence-electron chi connectivity index (χ0n) is 14.5. The van der Waals surface area contributed by atoms with Gasteiger partial charge in [0.15, 0.2) is 0 Å². The first-order chi connectivity index (χ1) is 10.3. The molecule has 1 aliphatic carbocycles. The van der Waals surface area contributed by atoms with Crippen LogP contribution in [0.4, 0.5) is 0 Å². The van der Waals surface area contributed by atoms with Crippen molar-refractivity contribution in [2.45, 2.75) is 63.8 Å². The topological polar surface area (TPSA) is 44.4 Å². The van der Waals surface area contributed by atoms with E-state index in [1.807, 2.05) is 0 Å². The molecule has 6 heteroatoms. The van der Waals surface area contributed by atoms with Crippen molar-refractivity contribution in [1.82, 2.24) is 15.5 Å². The Labute approximate surface area is 154 Å². The third-order valence-electron chi connectivity index (χ3n) is 5.15. The number of nitrogens with zero attached hydrogens (tertiary/aromatic N) is 1. The maximum absolute atomic E-state index is 11.8. The maximum atomic E-state index is 11.8. The molecule has 0 aromatic carbocycles. The minimum atomic E-state index is 0. The number of nitrogens with one attached hydrogen (secondary N) is 2. The summed E-state index contributed by atoms with van der Waals surface area (Å²) in [6.45, 7) is 4.16. The van der Waals surface area contributed by atoms with Gasteiger partial charge in [-0.2, -0.15) is 0 Å². The van der Waals surface area contributed by atoms with Crippen molar-refractivity contribution in [2.75, 3.05) is 33.2 Å². The molecule has 0 aromatic heterocycles. The van der Waals surface area contributed by atoms with Gasteiger partial charge in [-0.1, -0.05) is 19.3 Å². The monoisotopic (exact) mass is 367 g/mol. The van der Waals surface area contributed by atoms with Crippen LogP contribution in [0.15, 0.2) is 0 Å². The van der Waals surface area contributed by atoms with Crippen LogP contribution in [0.25, 0.3) is 0 Å². The second-order valence-corrected chi connectivity index (χ2v) is 6.87. The average molecular weight is 368 g/mol. The molecule has 1 atom stereocenters. The second kappa shape index (κ2) is 13.3. The highest BCUT2D eigenvalue weighted by Crippen LogP contribution is 2.21. The predicted octanol–water partition coefficient (Wildman–Crippen LogP) is 2.99. The van der Waals surface area contributed by atoms with Crippen LogP contribution < -0.4 is 10.6 Å². The minimum absolute atomic E-state index is 0. The highest BCUT2D eigenvalue weighted by Gasteiger charge is 2.18. The largest absolute Gasteiger partial charge is 0.356 e. The van der Waals surface area contributed by atoms with Gasteiger partial charge in [-0.3, -0.25) is 4.79 Å². The van der Waals surface area contributed by atoms with E-state index < -0.39 is 0 Å². The fourth-order valence-corrected chi connectivity index (χ4v) is 3.65. The highest BCUT2D eigenvalue weighted by molar-refractivity contribution is 5.85. The van der Waals surface area contributed by atoms with E-state index in [1.165, 1.54) is 38.5 Å². The summed E-state index contributed by atoms with van der Waals surface area (Å²) in [6.07, 6.45) is 11.0. The summed E-state index contributed by atoms with van der Waals surface area (Å²) in [5.74, 6) is 0.954. The summed E-state index contributed by atoms with van der Waals surface area (Å²) in [5, 5.41) is 6.43. The van der Waals surface area contributed by atoms with Crippen LogP contribution in [0.3, 0.4) is 0 Å². The number of hydrogen-bond donors (Lipinski definition) is 2. The van der Waals surface area contributed by atoms with Gasteiger partial charge in [0.1, 0.15) is 0 Å². The predicted molar refractivity (Wildman–Crippen MR) is 102 cm³/mol. The Hall–Kier alpha value is -0.0300. The molecule has 4 nitrogen and oxygen atoms in total. The number of carbonyl (C=O) groups excluding carboxylic acids is 1. The first kappa shape index (κ1) is 23.0. The number of carbonyl (C=O) groups is 1. The summed E-state index contributed by atoms with van der Waals surface area (Å²) < 4.78 is 0. The van der Waals surface area contributed by atoms with Gasteiger partial charge in [0, 0.05) is 19.0 Å². The molecule has 0 bridgehead atoms. The molecule has 1 saturated carbocycles. The first-order valence-corrected chi connectivity index (χ1v) is 8.93. The van der Waals surface area contributed by atoms with E-state index in [4.69, 9.17) is 0 Å². The fourth-order valence-electron chi connectivity index (χ4n) is 3.65. The van der Waals surface area contributed by atoms with Crippen LogP contribution in [0.2, 0.25) is 0 Å². The zero-order valence-corrected chi connectivity index (χ0v) is 16.2. The normalized spacial score (nSPS) is 21.6. The third-order valence-corrected chi connectivity index (χ3v) is 5.15. The molecule has 0 aromatic rings. The SMILES string of the molecule is CN(CCCNC(=O)CCC1CCNC1)C1CCCCC1.Cl.Cl. The van der Waals surface area contributed by atoms with Crippen molar-refractivity contribution in [2.24, 2.45) is 5.92 Å². The van der Waals surface area contributed by atoms with Crippen LogP contribution in [-0.2, 0) is 4.79 Å². The molecular formula is C17H35Cl2N3O. The van der Waals surface area contributed by atoms with E-state index in [0.717, 1.165) is 45.1 Å². The zero-order chi connectivity index (χ0) is 14.9. The van der Waals surface area contributed by atoms with Gasteiger partial charge in [0.25, 0.3) is 0 Å². The van der Waals surface area contributed by atoms with Crippen LogP contribution in [0, 0.1) is 5.92 Å². The van der Waals surface area contributed by atoms with Crippen LogP contribution in [0.1, 0.15) is 57.8 Å². The molecule has 138 valence electrons. The summed E-state index contributed by atoms with van der Waals surface area (Å²) in [4.78, 5) is 14.3. The molecule has 2 N–H and O–H groups in total. The lowest BCUT2D eigenvalue weighted by atomic mass is 9.94. The fraction of sp³-hybridized carbons (Fsp3) is 0.941. The van der Waals surface area contributed by atoms with E-state index in [-0.39, 0.29) is 30.7 Å². The Kier molecular flexibility index (Phi) is 13.3. The Morgan fingerprint density at radius 1 is 1.17 bits per heavy atom. The van der Waals surface area contributed by atoms with E-state index in [1.54, 1.807) is 0 Å². The highest BCUT2D eigenvalue weighted by atomic mass is 35.5. The number of amides is 1. The minimum Gasteiger partial charge on any atom is -0.356 e. The van der Waals surface area contributed by atoms with Crippen LogP contribution in [0.5, 0.6) is 0 Å². The van der Waals surface area contributed by atoms with Gasteiger partial charge < -0.3 is 15.5 Å². The van der Waals surface area contributed by atoms with Gasteiger partial charge in [-0.05, 0) is 64.7 Å². The van der Waals surface area contributed by atoms with Crippen LogP contribution in [-0.4, -0.2) is 50.1 Å². The lowest BCUT2D eigenvalue weighted by molar-refractivity contribution is -0.121. The average Bonchev–Trinajstić information content (AvgIpc) is 3.03. The maximum Gasteiger partial charge on any atom is 0.220 e. The van der Waals surface area contributed by atoms with Crippen molar-refractivity contribution < 1.29 is 4.79 Å². The van der Waals surface area contributed by atoms with Crippen molar-refractivity contribution in [3.05, 3.63) is 0 Å². The molecule has 1 unspecified atom stereocenters. The van der Waals surface area contributed by atoms with E-state index in [0.29, 0.717) is 12.3 Å². The lowest BCUT2D eigenvalue weighted by Gasteiger charge is -2.31. The van der Waals surface area contributed by atoms with Gasteiger partial charge >= 0.3 is 0 Å². The molecular weight excluding hydrogens is 333 g/mol. The molecule has 1 amide bonds. The summed E-state index contributed by atoms with van der Waals surface area (Å²) >= 11 is 0. The molecule has 1 heterocycles. The molecule has 0 spiro atoms. The van der Waals surface area contributed by atoms with E-state index in [2.05, 4.69) is 22.6 Å². The van der Waals surface area contributed by atoms with Crippen molar-refractivity contribution in [3.63, 3.8) is 0 Å². The molecule has 2 rings (SSSR count). The lowest BCUT2D eigenvalue weighted by Crippen LogP contribution is -2.35. The molecule has 2 fully saturated rings. The molecule has 1 saturated heterocycles. The van der Waals surface area contributed by atoms with Gasteiger partial charge in [0.2, 0.25) is 5.91 Å². The Balaban J connectivity index is 0.00000242. The van der Waals surface area contributed by atoms with E-state index in [9.17, 15) is 4.79 Å². The first-order valence-electron chi connectivity index (χ1n) is 8.93. The molecule has 23 heavy (non-hydrogen) atoms. The summed E-state index contributed by atoms with van der Waals surface area (Å²) in [5.41, 5.74) is 0. The summed E-state index contributed by atoms with van der Waals surface area (Å²) in [6, 6.07) is 0.782. The molecule has 0 radical (unpaired) electrons. The number of rotatable bonds is 8. The third kappa shape index (κ3) is 9.13. The van der Waals surface area contributed by atoms with Gasteiger partial charge in [0.05, 0.1) is 0 Å². The smallest absolute Gasteiger partial charge is 0.220 e. The van der Waals surface area contributed by atoms with Crippen LogP contribution >= 0.6 is 24.8 Å². The Bertz CT molecular complexity index is 306. The number of halogens is 2. The van der Waals surface area contributed by atoms with Gasteiger partial charge in [-0.25, -0.2) is 0 Å². The molecule has 1 aliphatic heterocycles. The standard InChI is InChI=1S/C17H33N3O.2ClH/c1-20(16-6-3-2-4-7-16)13-5-11-19-17(21)9-8-15-10-12-18-14-15;;/h15-16,18H,2-14H2,1H3,(H,19,21);2*1H. The second-order valence-electron chi connectivity index (χ2n) is 6.87. The van der Waals surface area contributed by atoms with Gasteiger partial charge in [-0.15, -0.1) is 24.8 Å². The Morgan fingerprint density at radius 2 is 1.91 bits per heavy atom. The Morgan fingerprint density at radius 3 is 2.57 bits per heavy atom. The quantitative estimate of drug-likeness (QED) is 0.648. The molecule has 2 aliphatic rings. The summed E-state index contributed by atoms with van der Waals surface area (Å²) in [7, 11) is 2.24. The van der Waals surface area contributed by atoms with Crippen molar-refractivity contribution in [1.29, 1.82) is 0 Å². The number of hydrogen-bond acceptors (Lipinski definition) is 3. The van der Waals surface area contributed by atoms with Crippen molar-refractivity contribution >= 4 is 30.7 Å². The van der Waals surface area contributed by atoms with Crippen molar-refractivity contribution in [3.8, 4) is 0 Å². The van der Waals surface area contributed by atoms with E-state index >= 15 is 0 Å².